The number of carbonyl (C=O) groups excluding carboxylic acids is 1. The van der Waals surface area contributed by atoms with E-state index in [1.54, 1.807) is 29.1 Å². The minimum absolute atomic E-state index is 0.101. The molecule has 6 heteroatoms. The van der Waals surface area contributed by atoms with Crippen molar-refractivity contribution in [2.45, 2.75) is 20.1 Å². The van der Waals surface area contributed by atoms with Crippen LogP contribution in [0.5, 0.6) is 0 Å². The molecule has 3 aromatic rings. The van der Waals surface area contributed by atoms with Gasteiger partial charge in [0.25, 0.3) is 0 Å². The maximum Gasteiger partial charge on any atom is 0.339 e. The van der Waals surface area contributed by atoms with Gasteiger partial charge in [0.05, 0.1) is 11.1 Å². The van der Waals surface area contributed by atoms with Crippen LogP contribution in [0.15, 0.2) is 42.9 Å². The Morgan fingerprint density at radius 2 is 2.14 bits per heavy atom. The molecule has 0 saturated heterocycles. The monoisotopic (exact) mass is 282 g/mol. The normalized spacial score (nSPS) is 10.7. The number of hydrogen-bond donors (Lipinski definition) is 0. The molecule has 0 aliphatic carbocycles. The number of aromatic nitrogens is 4. The van der Waals surface area contributed by atoms with Crippen LogP contribution in [0.2, 0.25) is 0 Å². The average molecular weight is 282 g/mol. The van der Waals surface area contributed by atoms with E-state index in [1.807, 2.05) is 19.1 Å². The molecule has 0 atom stereocenters. The van der Waals surface area contributed by atoms with E-state index in [-0.39, 0.29) is 12.6 Å². The van der Waals surface area contributed by atoms with Gasteiger partial charge in [0.15, 0.2) is 12.4 Å². The largest absolute Gasteiger partial charge is 0.454 e. The van der Waals surface area contributed by atoms with Gasteiger partial charge >= 0.3 is 5.97 Å². The lowest BCUT2D eigenvalue weighted by molar-refractivity contribution is 0.0459. The van der Waals surface area contributed by atoms with Gasteiger partial charge in [-0.05, 0) is 25.1 Å². The molecule has 2 aromatic heterocycles. The highest BCUT2D eigenvalue weighted by Gasteiger charge is 2.13. The van der Waals surface area contributed by atoms with E-state index in [0.717, 1.165) is 10.9 Å². The van der Waals surface area contributed by atoms with E-state index in [4.69, 9.17) is 4.74 Å². The predicted molar refractivity (Wildman–Crippen MR) is 76.6 cm³/mol. The quantitative estimate of drug-likeness (QED) is 0.686. The molecule has 6 nitrogen and oxygen atoms in total. The second-order valence-corrected chi connectivity index (χ2v) is 4.44. The number of benzene rings is 1. The first-order chi connectivity index (χ1) is 10.3. The van der Waals surface area contributed by atoms with E-state index in [0.29, 0.717) is 17.9 Å². The Bertz CT molecular complexity index is 777. The molecule has 106 valence electrons. The van der Waals surface area contributed by atoms with Crippen LogP contribution < -0.4 is 0 Å². The summed E-state index contributed by atoms with van der Waals surface area (Å²) in [7, 11) is 0. The molecule has 1 aromatic carbocycles. The summed E-state index contributed by atoms with van der Waals surface area (Å²) in [6.07, 6.45) is 3.15. The van der Waals surface area contributed by atoms with E-state index in [9.17, 15) is 4.79 Å². The lowest BCUT2D eigenvalue weighted by atomic mass is 10.1. The molecule has 0 amide bonds. The fourth-order valence-corrected chi connectivity index (χ4v) is 2.15. The first-order valence-corrected chi connectivity index (χ1v) is 6.67. The van der Waals surface area contributed by atoms with Crippen LogP contribution in [-0.2, 0) is 17.9 Å². The molecule has 0 saturated carbocycles. The van der Waals surface area contributed by atoms with Crippen molar-refractivity contribution in [3.63, 3.8) is 0 Å². The summed E-state index contributed by atoms with van der Waals surface area (Å²) in [5.41, 5.74) is 1.27. The molecule has 0 radical (unpaired) electrons. The molecule has 21 heavy (non-hydrogen) atoms. The number of nitrogens with zero attached hydrogens (tertiary/aromatic N) is 4. The van der Waals surface area contributed by atoms with E-state index in [1.165, 1.54) is 6.33 Å². The van der Waals surface area contributed by atoms with Crippen LogP contribution in [0.3, 0.4) is 0 Å². The van der Waals surface area contributed by atoms with Gasteiger partial charge in [-0.2, -0.15) is 5.10 Å². The summed E-state index contributed by atoms with van der Waals surface area (Å²) < 4.78 is 7.03. The molecule has 0 bridgehead atoms. The van der Waals surface area contributed by atoms with Crippen molar-refractivity contribution in [3.8, 4) is 0 Å². The Kier molecular flexibility index (Phi) is 3.59. The average Bonchev–Trinajstić information content (AvgIpc) is 2.99. The molecule has 0 aliphatic rings. The van der Waals surface area contributed by atoms with Crippen LogP contribution >= 0.6 is 0 Å². The van der Waals surface area contributed by atoms with Gasteiger partial charge in [-0.15, -0.1) is 0 Å². The minimum Gasteiger partial charge on any atom is -0.454 e. The highest BCUT2D eigenvalue weighted by Crippen LogP contribution is 2.17. The van der Waals surface area contributed by atoms with Crippen molar-refractivity contribution in [3.05, 3.63) is 54.2 Å². The number of esters is 1. The molecule has 0 N–H and O–H groups in total. The fourth-order valence-electron chi connectivity index (χ4n) is 2.15. The second kappa shape index (κ2) is 5.70. The number of fused-ring (bicyclic) bond motifs is 1. The zero-order valence-electron chi connectivity index (χ0n) is 11.6. The summed E-state index contributed by atoms with van der Waals surface area (Å²) in [5.74, 6) is 0.239. The van der Waals surface area contributed by atoms with Gasteiger partial charge in [0.2, 0.25) is 0 Å². The smallest absolute Gasteiger partial charge is 0.339 e. The number of pyridine rings is 1. The SMILES string of the molecule is CCn1ncnc1COC(=O)c1cccc2ncccc12. The summed E-state index contributed by atoms with van der Waals surface area (Å²) >= 11 is 0. The van der Waals surface area contributed by atoms with Gasteiger partial charge in [0, 0.05) is 18.1 Å². The topological polar surface area (TPSA) is 69.9 Å². The molecule has 0 fully saturated rings. The number of aryl methyl sites for hydroxylation is 1. The van der Waals surface area contributed by atoms with Crippen LogP contribution in [0.1, 0.15) is 23.1 Å². The Morgan fingerprint density at radius 1 is 1.24 bits per heavy atom. The molecule has 0 spiro atoms. The standard InChI is InChI=1S/C15H14N4O2/c1-2-19-14(17-10-18-19)9-21-15(20)12-5-3-7-13-11(12)6-4-8-16-13/h3-8,10H,2,9H2,1H3. The third-order valence-corrected chi connectivity index (χ3v) is 3.19. The number of ether oxygens (including phenoxy) is 1. The molecule has 2 heterocycles. The van der Waals surface area contributed by atoms with Gasteiger partial charge < -0.3 is 4.74 Å². The van der Waals surface area contributed by atoms with Crippen LogP contribution in [-0.4, -0.2) is 25.7 Å². The number of carbonyl (C=O) groups is 1. The van der Waals surface area contributed by atoms with Gasteiger partial charge in [-0.1, -0.05) is 12.1 Å². The third-order valence-electron chi connectivity index (χ3n) is 3.19. The second-order valence-electron chi connectivity index (χ2n) is 4.44. The maximum absolute atomic E-state index is 12.2. The van der Waals surface area contributed by atoms with Crippen molar-refractivity contribution in [1.82, 2.24) is 19.7 Å². The summed E-state index contributed by atoms with van der Waals surface area (Å²) in [4.78, 5) is 20.6. The van der Waals surface area contributed by atoms with E-state index < -0.39 is 0 Å². The number of rotatable bonds is 4. The van der Waals surface area contributed by atoms with E-state index >= 15 is 0 Å². The molecule has 3 rings (SSSR count). The lowest BCUT2D eigenvalue weighted by Crippen LogP contribution is -2.10. The van der Waals surface area contributed by atoms with Gasteiger partial charge in [-0.25, -0.2) is 14.5 Å². The number of hydrogen-bond acceptors (Lipinski definition) is 5. The Morgan fingerprint density at radius 3 is 3.00 bits per heavy atom. The Balaban J connectivity index is 1.81. The minimum atomic E-state index is -0.390. The van der Waals surface area contributed by atoms with Crippen LogP contribution in [0, 0.1) is 0 Å². The van der Waals surface area contributed by atoms with Crippen molar-refractivity contribution in [2.75, 3.05) is 0 Å². The summed E-state index contributed by atoms with van der Waals surface area (Å²) in [6.45, 7) is 2.74. The first kappa shape index (κ1) is 13.2. The molecule has 0 aliphatic heterocycles. The Labute approximate surface area is 121 Å². The molecule has 0 unspecified atom stereocenters. The van der Waals surface area contributed by atoms with Gasteiger partial charge in [-0.3, -0.25) is 4.98 Å². The highest BCUT2D eigenvalue weighted by molar-refractivity contribution is 6.03. The van der Waals surface area contributed by atoms with Crippen molar-refractivity contribution in [1.29, 1.82) is 0 Å². The van der Waals surface area contributed by atoms with Crippen molar-refractivity contribution >= 4 is 16.9 Å². The van der Waals surface area contributed by atoms with Gasteiger partial charge in [0.1, 0.15) is 6.33 Å². The zero-order valence-corrected chi connectivity index (χ0v) is 11.6. The molecular weight excluding hydrogens is 268 g/mol. The Hall–Kier alpha value is -2.76. The highest BCUT2D eigenvalue weighted by atomic mass is 16.5. The zero-order chi connectivity index (χ0) is 14.7. The van der Waals surface area contributed by atoms with Crippen LogP contribution in [0.25, 0.3) is 10.9 Å². The fraction of sp³-hybridized carbons (Fsp3) is 0.200. The molecular formula is C15H14N4O2. The summed E-state index contributed by atoms with van der Waals surface area (Å²) in [6, 6.07) is 9.04. The lowest BCUT2D eigenvalue weighted by Gasteiger charge is -2.07. The summed E-state index contributed by atoms with van der Waals surface area (Å²) in [5, 5.41) is 4.82. The predicted octanol–water partition coefficient (Wildman–Crippen LogP) is 2.20. The third kappa shape index (κ3) is 2.60. The van der Waals surface area contributed by atoms with Crippen molar-refractivity contribution < 1.29 is 9.53 Å². The first-order valence-electron chi connectivity index (χ1n) is 6.67. The van der Waals surface area contributed by atoms with E-state index in [2.05, 4.69) is 15.1 Å². The maximum atomic E-state index is 12.2. The van der Waals surface area contributed by atoms with Crippen LogP contribution in [0.4, 0.5) is 0 Å². The van der Waals surface area contributed by atoms with Crippen molar-refractivity contribution in [2.24, 2.45) is 0 Å².